The molecule has 1 aliphatic carbocycles. The summed E-state index contributed by atoms with van der Waals surface area (Å²) < 4.78 is 5.16. The molecule has 0 amide bonds. The molecule has 1 aliphatic rings. The topological polar surface area (TPSA) is 21.3 Å². The minimum absolute atomic E-state index is 0.540. The van der Waals surface area contributed by atoms with Gasteiger partial charge in [-0.25, -0.2) is 0 Å². The Morgan fingerprint density at radius 2 is 1.71 bits per heavy atom. The second kappa shape index (κ2) is 4.99. The zero-order valence-electron chi connectivity index (χ0n) is 11.1. The van der Waals surface area contributed by atoms with E-state index >= 15 is 0 Å². The Kier molecular flexibility index (Phi) is 3.60. The predicted molar refractivity (Wildman–Crippen MR) is 72.7 cm³/mol. The van der Waals surface area contributed by atoms with E-state index in [1.54, 1.807) is 7.11 Å². The summed E-state index contributed by atoms with van der Waals surface area (Å²) in [6.07, 6.45) is 5.19. The molecule has 0 radical (unpaired) electrons. The second-order valence-electron chi connectivity index (χ2n) is 5.81. The molecule has 2 heteroatoms. The van der Waals surface area contributed by atoms with Crippen LogP contribution in [0.15, 0.2) is 24.3 Å². The second-order valence-corrected chi connectivity index (χ2v) is 5.81. The van der Waals surface area contributed by atoms with Gasteiger partial charge in [0.25, 0.3) is 0 Å². The Morgan fingerprint density at radius 1 is 1.12 bits per heavy atom. The number of nitrogens with one attached hydrogen (secondary N) is 1. The third-order valence-electron chi connectivity index (χ3n) is 3.80. The van der Waals surface area contributed by atoms with Gasteiger partial charge in [0.05, 0.1) is 7.11 Å². The molecule has 1 fully saturated rings. The van der Waals surface area contributed by atoms with E-state index in [1.807, 2.05) is 12.1 Å². The Hall–Kier alpha value is -1.18. The third kappa shape index (κ3) is 3.39. The molecule has 0 spiro atoms. The molecule has 1 N–H and O–H groups in total. The van der Waals surface area contributed by atoms with E-state index < -0.39 is 0 Å². The molecule has 2 rings (SSSR count). The molecule has 1 saturated carbocycles. The van der Waals surface area contributed by atoms with Gasteiger partial charge in [0.15, 0.2) is 0 Å². The van der Waals surface area contributed by atoms with Gasteiger partial charge in [0.1, 0.15) is 5.75 Å². The van der Waals surface area contributed by atoms with Gasteiger partial charge in [-0.3, -0.25) is 0 Å². The molecule has 1 aromatic rings. The first kappa shape index (κ1) is 12.3. The number of anilines is 1. The highest BCUT2D eigenvalue weighted by Gasteiger charge is 2.26. The highest BCUT2D eigenvalue weighted by molar-refractivity contribution is 5.47. The summed E-state index contributed by atoms with van der Waals surface area (Å²) in [5, 5.41) is 3.61. The van der Waals surface area contributed by atoms with Crippen molar-refractivity contribution in [2.24, 2.45) is 5.41 Å². The van der Waals surface area contributed by atoms with E-state index in [1.165, 1.54) is 31.4 Å². The third-order valence-corrected chi connectivity index (χ3v) is 3.80. The van der Waals surface area contributed by atoms with Crippen molar-refractivity contribution < 1.29 is 4.74 Å². The maximum absolute atomic E-state index is 5.16. The van der Waals surface area contributed by atoms with E-state index in [9.17, 15) is 0 Å². The lowest BCUT2D eigenvalue weighted by Gasteiger charge is -2.35. The van der Waals surface area contributed by atoms with Crippen molar-refractivity contribution in [3.63, 3.8) is 0 Å². The maximum Gasteiger partial charge on any atom is 0.119 e. The van der Waals surface area contributed by atoms with Crippen LogP contribution in [0.25, 0.3) is 0 Å². The van der Waals surface area contributed by atoms with E-state index in [4.69, 9.17) is 4.74 Å². The first-order valence-corrected chi connectivity index (χ1v) is 6.50. The Balaban J connectivity index is 1.89. The fraction of sp³-hybridized carbons (Fsp3) is 0.600. The molecule has 0 atom stereocenters. The van der Waals surface area contributed by atoms with Crippen molar-refractivity contribution in [1.82, 2.24) is 0 Å². The number of rotatable bonds is 3. The highest BCUT2D eigenvalue weighted by atomic mass is 16.5. The summed E-state index contributed by atoms with van der Waals surface area (Å²) in [5.74, 6) is 0.917. The molecule has 0 unspecified atom stereocenters. The molecule has 94 valence electrons. The molecule has 0 aliphatic heterocycles. The van der Waals surface area contributed by atoms with Gasteiger partial charge in [0.2, 0.25) is 0 Å². The van der Waals surface area contributed by atoms with Crippen LogP contribution in [0.5, 0.6) is 5.75 Å². The van der Waals surface area contributed by atoms with Gasteiger partial charge in [-0.05, 0) is 55.4 Å². The van der Waals surface area contributed by atoms with Gasteiger partial charge in [-0.15, -0.1) is 0 Å². The van der Waals surface area contributed by atoms with Crippen LogP contribution in [0.3, 0.4) is 0 Å². The smallest absolute Gasteiger partial charge is 0.119 e. The fourth-order valence-corrected chi connectivity index (χ4v) is 2.47. The predicted octanol–water partition coefficient (Wildman–Crippen LogP) is 4.08. The van der Waals surface area contributed by atoms with Crippen molar-refractivity contribution in [2.45, 2.75) is 45.6 Å². The van der Waals surface area contributed by atoms with Crippen molar-refractivity contribution in [2.75, 3.05) is 12.4 Å². The summed E-state index contributed by atoms with van der Waals surface area (Å²) in [4.78, 5) is 0. The first-order chi connectivity index (χ1) is 8.09. The Bertz CT molecular complexity index is 346. The van der Waals surface area contributed by atoms with Crippen LogP contribution in [0.1, 0.15) is 39.5 Å². The summed E-state index contributed by atoms with van der Waals surface area (Å²) >= 11 is 0. The van der Waals surface area contributed by atoms with E-state index in [-0.39, 0.29) is 0 Å². The van der Waals surface area contributed by atoms with Crippen LogP contribution < -0.4 is 10.1 Å². The lowest BCUT2D eigenvalue weighted by atomic mass is 9.75. The monoisotopic (exact) mass is 233 g/mol. The minimum Gasteiger partial charge on any atom is -0.497 e. The van der Waals surface area contributed by atoms with Crippen LogP contribution in [-0.4, -0.2) is 13.2 Å². The van der Waals surface area contributed by atoms with E-state index in [0.717, 1.165) is 5.75 Å². The normalized spacial score (nSPS) is 19.9. The van der Waals surface area contributed by atoms with Crippen LogP contribution in [0, 0.1) is 5.41 Å². The van der Waals surface area contributed by atoms with Gasteiger partial charge < -0.3 is 10.1 Å². The highest BCUT2D eigenvalue weighted by Crippen LogP contribution is 2.36. The summed E-state index contributed by atoms with van der Waals surface area (Å²) in [6, 6.07) is 8.85. The van der Waals surface area contributed by atoms with Crippen molar-refractivity contribution in [3.05, 3.63) is 24.3 Å². The maximum atomic E-state index is 5.16. The Labute approximate surface area is 104 Å². The van der Waals surface area contributed by atoms with Crippen molar-refractivity contribution in [3.8, 4) is 5.75 Å². The average Bonchev–Trinajstić information content (AvgIpc) is 2.33. The number of hydrogen-bond donors (Lipinski definition) is 1. The van der Waals surface area contributed by atoms with Crippen LogP contribution in [0.2, 0.25) is 0 Å². The summed E-state index contributed by atoms with van der Waals surface area (Å²) in [5.41, 5.74) is 1.74. The van der Waals surface area contributed by atoms with Crippen LogP contribution >= 0.6 is 0 Å². The van der Waals surface area contributed by atoms with Gasteiger partial charge in [-0.1, -0.05) is 13.8 Å². The zero-order chi connectivity index (χ0) is 12.3. The standard InChI is InChI=1S/C15H23NO/c1-15(2)10-8-13(9-11-15)16-12-4-6-14(17-3)7-5-12/h4-7,13,16H,8-11H2,1-3H3. The fourth-order valence-electron chi connectivity index (χ4n) is 2.47. The van der Waals surface area contributed by atoms with E-state index in [0.29, 0.717) is 11.5 Å². The summed E-state index contributed by atoms with van der Waals surface area (Å²) in [7, 11) is 1.70. The molecule has 0 bridgehead atoms. The number of benzene rings is 1. The minimum atomic E-state index is 0.540. The molecule has 0 saturated heterocycles. The first-order valence-electron chi connectivity index (χ1n) is 6.50. The lowest BCUT2D eigenvalue weighted by Crippen LogP contribution is -2.29. The number of ether oxygens (including phenoxy) is 1. The number of methoxy groups -OCH3 is 1. The SMILES string of the molecule is COc1ccc(NC2CCC(C)(C)CC2)cc1. The molecule has 0 heterocycles. The average molecular weight is 233 g/mol. The van der Waals surface area contributed by atoms with Gasteiger partial charge in [0, 0.05) is 11.7 Å². The van der Waals surface area contributed by atoms with E-state index in [2.05, 4.69) is 31.3 Å². The number of hydrogen-bond acceptors (Lipinski definition) is 2. The quantitative estimate of drug-likeness (QED) is 0.849. The van der Waals surface area contributed by atoms with Crippen molar-refractivity contribution in [1.29, 1.82) is 0 Å². The Morgan fingerprint density at radius 3 is 2.24 bits per heavy atom. The van der Waals surface area contributed by atoms with Crippen LogP contribution in [0.4, 0.5) is 5.69 Å². The largest absolute Gasteiger partial charge is 0.497 e. The zero-order valence-corrected chi connectivity index (χ0v) is 11.1. The molecule has 17 heavy (non-hydrogen) atoms. The lowest BCUT2D eigenvalue weighted by molar-refractivity contribution is 0.232. The molecular formula is C15H23NO. The van der Waals surface area contributed by atoms with Crippen LogP contribution in [-0.2, 0) is 0 Å². The van der Waals surface area contributed by atoms with Crippen molar-refractivity contribution >= 4 is 5.69 Å². The molecule has 2 nitrogen and oxygen atoms in total. The van der Waals surface area contributed by atoms with Gasteiger partial charge in [-0.2, -0.15) is 0 Å². The molecule has 0 aromatic heterocycles. The molecular weight excluding hydrogens is 210 g/mol. The molecule has 1 aromatic carbocycles. The summed E-state index contributed by atoms with van der Waals surface area (Å²) in [6.45, 7) is 4.74. The van der Waals surface area contributed by atoms with Gasteiger partial charge >= 0.3 is 0 Å².